The van der Waals surface area contributed by atoms with E-state index in [0.717, 1.165) is 28.0 Å². The number of benzene rings is 1. The van der Waals surface area contributed by atoms with Gasteiger partial charge in [0.1, 0.15) is 10.5 Å². The zero-order chi connectivity index (χ0) is 21.2. The maximum atomic E-state index is 13.1. The molecule has 0 unspecified atom stereocenters. The van der Waals surface area contributed by atoms with E-state index in [-0.39, 0.29) is 0 Å². The van der Waals surface area contributed by atoms with E-state index in [1.807, 2.05) is 51.1 Å². The lowest BCUT2D eigenvalue weighted by Crippen LogP contribution is -2.40. The Bertz CT molecular complexity index is 1040. The van der Waals surface area contributed by atoms with Crippen molar-refractivity contribution < 1.29 is 12.8 Å². The summed E-state index contributed by atoms with van der Waals surface area (Å²) in [6.45, 7) is 9.83. The zero-order valence-corrected chi connectivity index (χ0v) is 19.2. The Kier molecular flexibility index (Phi) is 6.31. The van der Waals surface area contributed by atoms with Crippen molar-refractivity contribution in [3.05, 3.63) is 59.1 Å². The van der Waals surface area contributed by atoms with Crippen LogP contribution in [0.2, 0.25) is 0 Å². The van der Waals surface area contributed by atoms with Crippen molar-refractivity contribution in [3.8, 4) is 11.1 Å². The zero-order valence-electron chi connectivity index (χ0n) is 17.5. The van der Waals surface area contributed by atoms with Crippen molar-refractivity contribution in [2.75, 3.05) is 0 Å². The topological polar surface area (TPSA) is 72.2 Å². The maximum absolute atomic E-state index is 13.1. The molecule has 0 saturated carbocycles. The molecule has 0 aliphatic heterocycles. The lowest BCUT2D eigenvalue weighted by atomic mass is 10.0. The number of nitrogens with one attached hydrogen (secondary N) is 1. The summed E-state index contributed by atoms with van der Waals surface area (Å²) in [5, 5.41) is 0. The third-order valence-electron chi connectivity index (χ3n) is 4.15. The summed E-state index contributed by atoms with van der Waals surface area (Å²) in [5.41, 5.74) is 2.16. The summed E-state index contributed by atoms with van der Waals surface area (Å²) in [6, 6.07) is 9.94. The van der Waals surface area contributed by atoms with E-state index >= 15 is 0 Å². The minimum Gasteiger partial charge on any atom is -0.449 e. The molecule has 3 rings (SSSR count). The summed E-state index contributed by atoms with van der Waals surface area (Å²) in [7, 11) is -3.62. The van der Waals surface area contributed by atoms with Gasteiger partial charge in [-0.25, -0.2) is 18.1 Å². The van der Waals surface area contributed by atoms with Crippen LogP contribution in [0.1, 0.15) is 51.0 Å². The SMILES string of the molecule is CC(C)Cc1cc(-c2ccc(Cc3ncco3)cc2)c(S(=O)(=O)NC(C)(C)C)s1. The largest absolute Gasteiger partial charge is 0.449 e. The quantitative estimate of drug-likeness (QED) is 0.552. The number of oxazole rings is 1. The summed E-state index contributed by atoms with van der Waals surface area (Å²) < 4.78 is 34.7. The molecule has 5 nitrogen and oxygen atoms in total. The Morgan fingerprint density at radius 2 is 1.86 bits per heavy atom. The highest BCUT2D eigenvalue weighted by Gasteiger charge is 2.27. The smallest absolute Gasteiger partial charge is 0.251 e. The summed E-state index contributed by atoms with van der Waals surface area (Å²) in [4.78, 5) is 5.23. The van der Waals surface area contributed by atoms with E-state index in [4.69, 9.17) is 4.42 Å². The van der Waals surface area contributed by atoms with Gasteiger partial charge in [0.25, 0.3) is 10.0 Å². The number of hydrogen-bond donors (Lipinski definition) is 1. The molecule has 0 bridgehead atoms. The van der Waals surface area contributed by atoms with Gasteiger partial charge in [0.2, 0.25) is 0 Å². The minimum atomic E-state index is -3.62. The Labute approximate surface area is 177 Å². The first kappa shape index (κ1) is 21.7. The Balaban J connectivity index is 1.97. The Morgan fingerprint density at radius 1 is 1.17 bits per heavy atom. The van der Waals surface area contributed by atoms with Gasteiger partial charge >= 0.3 is 0 Å². The Morgan fingerprint density at radius 3 is 2.41 bits per heavy atom. The van der Waals surface area contributed by atoms with Crippen molar-refractivity contribution in [1.29, 1.82) is 0 Å². The number of sulfonamides is 1. The number of aromatic nitrogens is 1. The van der Waals surface area contributed by atoms with Gasteiger partial charge in [0.15, 0.2) is 5.89 Å². The van der Waals surface area contributed by atoms with Crippen molar-refractivity contribution in [2.45, 2.75) is 57.2 Å². The van der Waals surface area contributed by atoms with Gasteiger partial charge in [-0.3, -0.25) is 0 Å². The fourth-order valence-corrected chi connectivity index (χ4v) is 6.46. The summed E-state index contributed by atoms with van der Waals surface area (Å²) in [5.74, 6) is 1.11. The normalized spacial score (nSPS) is 12.6. The second kappa shape index (κ2) is 8.42. The van der Waals surface area contributed by atoms with Crippen molar-refractivity contribution in [3.63, 3.8) is 0 Å². The van der Waals surface area contributed by atoms with Crippen LogP contribution in [0.25, 0.3) is 11.1 Å². The number of rotatable bonds is 7. The Hall–Kier alpha value is -1.96. The molecule has 0 spiro atoms. The van der Waals surface area contributed by atoms with Gasteiger partial charge in [-0.1, -0.05) is 38.1 Å². The molecule has 2 aromatic heterocycles. The van der Waals surface area contributed by atoms with Crippen molar-refractivity contribution >= 4 is 21.4 Å². The van der Waals surface area contributed by atoms with Crippen LogP contribution in [0.4, 0.5) is 0 Å². The van der Waals surface area contributed by atoms with Crippen LogP contribution in [0.3, 0.4) is 0 Å². The van der Waals surface area contributed by atoms with Crippen molar-refractivity contribution in [2.24, 2.45) is 5.92 Å². The van der Waals surface area contributed by atoms with Gasteiger partial charge in [-0.15, -0.1) is 11.3 Å². The average molecular weight is 433 g/mol. The minimum absolute atomic E-state index is 0.378. The molecule has 0 radical (unpaired) electrons. The van der Waals surface area contributed by atoms with Gasteiger partial charge < -0.3 is 4.42 Å². The standard InChI is InChI=1S/C22H28N2O3S2/c1-15(2)12-18-14-19(21(28-18)29(25,26)24-22(3,4)5)17-8-6-16(7-9-17)13-20-23-10-11-27-20/h6-11,14-15,24H,12-13H2,1-5H3. The van der Waals surface area contributed by atoms with Crippen LogP contribution in [-0.4, -0.2) is 18.9 Å². The maximum Gasteiger partial charge on any atom is 0.251 e. The molecule has 3 aromatic rings. The molecule has 1 aromatic carbocycles. The lowest BCUT2D eigenvalue weighted by molar-refractivity contribution is 0.492. The lowest BCUT2D eigenvalue weighted by Gasteiger charge is -2.20. The third-order valence-corrected chi connectivity index (χ3v) is 7.60. The molecular formula is C22H28N2O3S2. The van der Waals surface area contributed by atoms with Gasteiger partial charge in [-0.05, 0) is 50.3 Å². The monoisotopic (exact) mass is 432 g/mol. The van der Waals surface area contributed by atoms with Crippen LogP contribution in [0, 0.1) is 5.92 Å². The van der Waals surface area contributed by atoms with E-state index in [0.29, 0.717) is 22.4 Å². The van der Waals surface area contributed by atoms with E-state index in [1.165, 1.54) is 11.3 Å². The van der Waals surface area contributed by atoms with Crippen LogP contribution in [0.15, 0.2) is 51.4 Å². The number of hydrogen-bond acceptors (Lipinski definition) is 5. The fraction of sp³-hybridized carbons (Fsp3) is 0.409. The molecule has 2 heterocycles. The number of nitrogens with zero attached hydrogens (tertiary/aromatic N) is 1. The molecule has 1 N–H and O–H groups in total. The van der Waals surface area contributed by atoms with E-state index < -0.39 is 15.6 Å². The first-order chi connectivity index (χ1) is 13.5. The molecule has 0 amide bonds. The highest BCUT2D eigenvalue weighted by molar-refractivity contribution is 7.91. The molecule has 0 aliphatic rings. The van der Waals surface area contributed by atoms with Crippen LogP contribution in [0.5, 0.6) is 0 Å². The van der Waals surface area contributed by atoms with Crippen LogP contribution in [-0.2, 0) is 22.9 Å². The summed E-state index contributed by atoms with van der Waals surface area (Å²) in [6.07, 6.45) is 4.65. The first-order valence-corrected chi connectivity index (χ1v) is 12.0. The number of thiophene rings is 1. The second-order valence-electron chi connectivity index (χ2n) is 8.67. The molecule has 0 saturated heterocycles. The second-order valence-corrected chi connectivity index (χ2v) is 11.7. The molecule has 29 heavy (non-hydrogen) atoms. The molecule has 0 fully saturated rings. The first-order valence-electron chi connectivity index (χ1n) is 9.68. The predicted molar refractivity (Wildman–Crippen MR) is 118 cm³/mol. The van der Waals surface area contributed by atoms with E-state index in [1.54, 1.807) is 12.5 Å². The molecule has 7 heteroatoms. The fourth-order valence-electron chi connectivity index (χ4n) is 3.09. The van der Waals surface area contributed by atoms with Crippen LogP contribution < -0.4 is 4.72 Å². The highest BCUT2D eigenvalue weighted by Crippen LogP contribution is 2.37. The van der Waals surface area contributed by atoms with Gasteiger partial charge in [-0.2, -0.15) is 0 Å². The summed E-state index contributed by atoms with van der Waals surface area (Å²) >= 11 is 1.36. The van der Waals surface area contributed by atoms with E-state index in [2.05, 4.69) is 23.6 Å². The third kappa shape index (κ3) is 5.78. The van der Waals surface area contributed by atoms with Gasteiger partial charge in [0, 0.05) is 22.4 Å². The molecule has 0 atom stereocenters. The predicted octanol–water partition coefficient (Wildman–Crippen LogP) is 5.27. The van der Waals surface area contributed by atoms with Gasteiger partial charge in [0.05, 0.1) is 6.20 Å². The highest BCUT2D eigenvalue weighted by atomic mass is 32.2. The average Bonchev–Trinajstić information content (AvgIpc) is 3.23. The van der Waals surface area contributed by atoms with Crippen LogP contribution >= 0.6 is 11.3 Å². The van der Waals surface area contributed by atoms with E-state index in [9.17, 15) is 8.42 Å². The molecular weight excluding hydrogens is 404 g/mol. The molecule has 156 valence electrons. The van der Waals surface area contributed by atoms with Crippen molar-refractivity contribution in [1.82, 2.24) is 9.71 Å². The molecule has 0 aliphatic carbocycles.